The molecule has 5 nitrogen and oxygen atoms in total. The number of hydrogen-bond donors (Lipinski definition) is 0. The average Bonchev–Trinajstić information content (AvgIpc) is 2.61. The van der Waals surface area contributed by atoms with Crippen molar-refractivity contribution in [1.29, 1.82) is 0 Å². The Morgan fingerprint density at radius 3 is 2.12 bits per heavy atom. The van der Waals surface area contributed by atoms with Crippen LogP contribution >= 0.6 is 0 Å². The summed E-state index contributed by atoms with van der Waals surface area (Å²) < 4.78 is 5.43. The van der Waals surface area contributed by atoms with Crippen molar-refractivity contribution in [3.63, 3.8) is 0 Å². The van der Waals surface area contributed by atoms with Crippen LogP contribution in [-0.4, -0.2) is 54.9 Å². The fraction of sp³-hybridized carbons (Fsp3) is 0.600. The molecule has 1 aromatic carbocycles. The van der Waals surface area contributed by atoms with Gasteiger partial charge in [-0.3, -0.25) is 9.59 Å². The number of piperazine rings is 1. The number of carbonyl (C=O) groups excluding carboxylic acids is 2. The van der Waals surface area contributed by atoms with Crippen LogP contribution in [0.1, 0.15) is 48.2 Å². The van der Waals surface area contributed by atoms with Gasteiger partial charge in [0.1, 0.15) is 5.75 Å². The zero-order chi connectivity index (χ0) is 18.6. The lowest BCUT2D eigenvalue weighted by Gasteiger charge is -2.36. The summed E-state index contributed by atoms with van der Waals surface area (Å²) >= 11 is 0. The van der Waals surface area contributed by atoms with Crippen molar-refractivity contribution < 1.29 is 14.3 Å². The Morgan fingerprint density at radius 1 is 1.04 bits per heavy atom. The lowest BCUT2D eigenvalue weighted by molar-refractivity contribution is -0.137. The molecular formula is C20H30N2O3. The molecule has 25 heavy (non-hydrogen) atoms. The zero-order valence-electron chi connectivity index (χ0n) is 16.1. The summed E-state index contributed by atoms with van der Waals surface area (Å²) in [5.41, 5.74) is 2.64. The summed E-state index contributed by atoms with van der Waals surface area (Å²) in [4.78, 5) is 29.2. The fourth-order valence-electron chi connectivity index (χ4n) is 3.55. The van der Waals surface area contributed by atoms with Crippen LogP contribution in [0, 0.1) is 19.8 Å². The summed E-state index contributed by atoms with van der Waals surface area (Å²) in [6.07, 6.45) is 1.74. The highest BCUT2D eigenvalue weighted by molar-refractivity contribution is 5.98. The molecule has 2 amide bonds. The van der Waals surface area contributed by atoms with E-state index in [-0.39, 0.29) is 17.7 Å². The Hall–Kier alpha value is -2.04. The largest absolute Gasteiger partial charge is 0.496 e. The van der Waals surface area contributed by atoms with Gasteiger partial charge in [0.25, 0.3) is 5.91 Å². The van der Waals surface area contributed by atoms with Gasteiger partial charge in [-0.15, -0.1) is 0 Å². The van der Waals surface area contributed by atoms with Crippen molar-refractivity contribution in [1.82, 2.24) is 9.80 Å². The van der Waals surface area contributed by atoms with Crippen LogP contribution in [0.3, 0.4) is 0 Å². The highest BCUT2D eigenvalue weighted by Crippen LogP contribution is 2.26. The molecule has 1 aromatic rings. The van der Waals surface area contributed by atoms with Crippen molar-refractivity contribution in [3.05, 3.63) is 28.8 Å². The van der Waals surface area contributed by atoms with Gasteiger partial charge < -0.3 is 14.5 Å². The van der Waals surface area contributed by atoms with Crippen LogP contribution in [0.5, 0.6) is 5.75 Å². The van der Waals surface area contributed by atoms with E-state index in [9.17, 15) is 9.59 Å². The molecule has 0 spiro atoms. The molecule has 0 bridgehead atoms. The van der Waals surface area contributed by atoms with Gasteiger partial charge in [-0.25, -0.2) is 0 Å². The van der Waals surface area contributed by atoms with Gasteiger partial charge in [-0.05, 0) is 43.9 Å². The third-order valence-electron chi connectivity index (χ3n) is 5.09. The van der Waals surface area contributed by atoms with Crippen molar-refractivity contribution in [3.8, 4) is 5.75 Å². The minimum Gasteiger partial charge on any atom is -0.496 e. The van der Waals surface area contributed by atoms with Crippen molar-refractivity contribution >= 4 is 11.8 Å². The molecule has 0 saturated carbocycles. The predicted octanol–water partition coefficient (Wildman–Crippen LogP) is 3.03. The summed E-state index contributed by atoms with van der Waals surface area (Å²) in [5, 5.41) is 0. The summed E-state index contributed by atoms with van der Waals surface area (Å²) in [6.45, 7) is 10.4. The summed E-state index contributed by atoms with van der Waals surface area (Å²) in [6, 6.07) is 3.90. The fourth-order valence-corrected chi connectivity index (χ4v) is 3.55. The number of aryl methyl sites for hydroxylation is 2. The normalized spacial score (nSPS) is 14.8. The van der Waals surface area contributed by atoms with Gasteiger partial charge in [0, 0.05) is 32.1 Å². The summed E-state index contributed by atoms with van der Waals surface area (Å²) in [7, 11) is 1.59. The SMILES string of the molecule is CCC(CC)C(=O)N1CCN(C(=O)c2c(C)cc(C)cc2OC)CC1. The van der Waals surface area contributed by atoms with Gasteiger partial charge in [-0.1, -0.05) is 19.9 Å². The van der Waals surface area contributed by atoms with E-state index in [1.807, 2.05) is 35.8 Å². The lowest BCUT2D eigenvalue weighted by Crippen LogP contribution is -2.52. The molecule has 1 saturated heterocycles. The Labute approximate surface area is 150 Å². The maximum absolute atomic E-state index is 13.0. The van der Waals surface area contributed by atoms with E-state index in [2.05, 4.69) is 13.8 Å². The van der Waals surface area contributed by atoms with Gasteiger partial charge >= 0.3 is 0 Å². The van der Waals surface area contributed by atoms with E-state index in [0.717, 1.165) is 24.0 Å². The number of hydrogen-bond acceptors (Lipinski definition) is 3. The van der Waals surface area contributed by atoms with Gasteiger partial charge in [0.15, 0.2) is 0 Å². The predicted molar refractivity (Wildman–Crippen MR) is 99.0 cm³/mol. The number of carbonyl (C=O) groups is 2. The molecule has 0 aliphatic carbocycles. The Morgan fingerprint density at radius 2 is 1.60 bits per heavy atom. The van der Waals surface area contributed by atoms with Gasteiger partial charge in [-0.2, -0.15) is 0 Å². The monoisotopic (exact) mass is 346 g/mol. The summed E-state index contributed by atoms with van der Waals surface area (Å²) in [5.74, 6) is 0.935. The number of ether oxygens (including phenoxy) is 1. The topological polar surface area (TPSA) is 49.9 Å². The van der Waals surface area contributed by atoms with E-state index in [4.69, 9.17) is 4.74 Å². The molecule has 1 heterocycles. The highest BCUT2D eigenvalue weighted by atomic mass is 16.5. The molecule has 0 unspecified atom stereocenters. The minimum absolute atomic E-state index is 0.0102. The molecule has 1 aliphatic heterocycles. The van der Waals surface area contributed by atoms with Crippen molar-refractivity contribution in [2.45, 2.75) is 40.5 Å². The second kappa shape index (κ2) is 8.37. The first kappa shape index (κ1) is 19.3. The second-order valence-corrected chi connectivity index (χ2v) is 6.79. The quantitative estimate of drug-likeness (QED) is 0.823. The van der Waals surface area contributed by atoms with Crippen LogP contribution in [0.2, 0.25) is 0 Å². The van der Waals surface area contributed by atoms with Crippen LogP contribution in [0.4, 0.5) is 0 Å². The highest BCUT2D eigenvalue weighted by Gasteiger charge is 2.29. The van der Waals surface area contributed by atoms with Crippen molar-refractivity contribution in [2.24, 2.45) is 5.92 Å². The maximum atomic E-state index is 13.0. The third-order valence-corrected chi connectivity index (χ3v) is 5.09. The molecule has 1 aliphatic rings. The second-order valence-electron chi connectivity index (χ2n) is 6.79. The standard InChI is InChI=1S/C20H30N2O3/c1-6-16(7-2)19(23)21-8-10-22(11-9-21)20(24)18-15(4)12-14(3)13-17(18)25-5/h12-13,16H,6-11H2,1-5H3. The zero-order valence-corrected chi connectivity index (χ0v) is 16.1. The Kier molecular flexibility index (Phi) is 6.45. The van der Waals surface area contributed by atoms with Crippen LogP contribution in [0.15, 0.2) is 12.1 Å². The molecule has 138 valence electrons. The number of rotatable bonds is 5. The van der Waals surface area contributed by atoms with E-state index in [1.54, 1.807) is 7.11 Å². The van der Waals surface area contributed by atoms with Crippen LogP contribution < -0.4 is 4.74 Å². The number of nitrogens with zero attached hydrogens (tertiary/aromatic N) is 2. The smallest absolute Gasteiger partial charge is 0.258 e. The Bertz CT molecular complexity index is 630. The first-order valence-corrected chi connectivity index (χ1v) is 9.16. The molecule has 5 heteroatoms. The number of benzene rings is 1. The molecule has 0 radical (unpaired) electrons. The number of methoxy groups -OCH3 is 1. The number of amides is 2. The van der Waals surface area contributed by atoms with Gasteiger partial charge in [0.2, 0.25) is 5.91 Å². The first-order chi connectivity index (χ1) is 11.9. The minimum atomic E-state index is -0.0102. The molecule has 0 N–H and O–H groups in total. The third kappa shape index (κ3) is 4.14. The first-order valence-electron chi connectivity index (χ1n) is 9.16. The molecule has 1 fully saturated rings. The van der Waals surface area contributed by atoms with Crippen LogP contribution in [0.25, 0.3) is 0 Å². The van der Waals surface area contributed by atoms with Gasteiger partial charge in [0.05, 0.1) is 12.7 Å². The molecule has 0 aromatic heterocycles. The van der Waals surface area contributed by atoms with E-state index in [0.29, 0.717) is 37.5 Å². The lowest BCUT2D eigenvalue weighted by atomic mass is 10.0. The van der Waals surface area contributed by atoms with E-state index >= 15 is 0 Å². The average molecular weight is 346 g/mol. The van der Waals surface area contributed by atoms with Crippen LogP contribution in [-0.2, 0) is 4.79 Å². The van der Waals surface area contributed by atoms with Crippen molar-refractivity contribution in [2.75, 3.05) is 33.3 Å². The maximum Gasteiger partial charge on any atom is 0.258 e. The Balaban J connectivity index is 2.09. The molecule has 2 rings (SSSR count). The van der Waals surface area contributed by atoms with E-state index in [1.165, 1.54) is 0 Å². The van der Waals surface area contributed by atoms with E-state index < -0.39 is 0 Å². The molecule has 0 atom stereocenters. The molecular weight excluding hydrogens is 316 g/mol.